The maximum absolute atomic E-state index is 13.7. The van der Waals surface area contributed by atoms with Gasteiger partial charge < -0.3 is 19.7 Å². The number of nitrogens with one attached hydrogen (secondary N) is 1. The summed E-state index contributed by atoms with van der Waals surface area (Å²) in [6, 6.07) is 15.4. The highest BCUT2D eigenvalue weighted by Gasteiger charge is 2.29. The van der Waals surface area contributed by atoms with Crippen LogP contribution in [0.5, 0.6) is 11.5 Å². The van der Waals surface area contributed by atoms with Crippen molar-refractivity contribution in [3.05, 3.63) is 76.6 Å². The number of hydrogen-bond acceptors (Lipinski definition) is 6. The lowest BCUT2D eigenvalue weighted by molar-refractivity contribution is -0.133. The summed E-state index contributed by atoms with van der Waals surface area (Å²) in [6.45, 7) is 5.02. The van der Waals surface area contributed by atoms with Gasteiger partial charge in [0.15, 0.2) is 11.5 Å². The van der Waals surface area contributed by atoms with Gasteiger partial charge in [-0.15, -0.1) is 0 Å². The molecule has 1 aliphatic rings. The van der Waals surface area contributed by atoms with E-state index in [1.54, 1.807) is 14.2 Å². The first-order valence-corrected chi connectivity index (χ1v) is 11.1. The van der Waals surface area contributed by atoms with Crippen LogP contribution in [0.3, 0.4) is 0 Å². The molecular weight excluding hydrogens is 416 g/mol. The Labute approximate surface area is 194 Å². The van der Waals surface area contributed by atoms with Crippen LogP contribution in [0.4, 0.5) is 5.95 Å². The van der Waals surface area contributed by atoms with Gasteiger partial charge >= 0.3 is 0 Å². The number of anilines is 1. The standard InChI is InChI=1S/C26H30N4O3/c1-17-12-18(2)28-26(27-17)29-22(13-19-8-6-5-7-9-19)25(31)30-11-10-20-14-23(32-3)24(33-4)15-21(20)16-30/h5-9,12,14-15,22H,10-11,13,16H2,1-4H3,(H,27,28,29)/t22-/m0/s1. The second-order valence-electron chi connectivity index (χ2n) is 8.35. The van der Waals surface area contributed by atoms with E-state index in [0.29, 0.717) is 37.0 Å². The van der Waals surface area contributed by atoms with Gasteiger partial charge in [0.1, 0.15) is 6.04 Å². The first-order chi connectivity index (χ1) is 16.0. The Morgan fingerprint density at radius 1 is 1.00 bits per heavy atom. The average molecular weight is 447 g/mol. The molecule has 33 heavy (non-hydrogen) atoms. The van der Waals surface area contributed by atoms with Crippen molar-refractivity contribution < 1.29 is 14.3 Å². The molecule has 0 saturated carbocycles. The van der Waals surface area contributed by atoms with Crippen LogP contribution in [0.25, 0.3) is 0 Å². The Bertz CT molecular complexity index is 1110. The normalized spacial score (nSPS) is 13.8. The maximum atomic E-state index is 13.7. The lowest BCUT2D eigenvalue weighted by atomic mass is 9.97. The van der Waals surface area contributed by atoms with E-state index in [0.717, 1.165) is 28.9 Å². The molecule has 1 N–H and O–H groups in total. The van der Waals surface area contributed by atoms with Gasteiger partial charge in [0.2, 0.25) is 11.9 Å². The van der Waals surface area contributed by atoms with E-state index < -0.39 is 6.04 Å². The number of carbonyl (C=O) groups is 1. The molecule has 1 amide bonds. The number of rotatable bonds is 7. The topological polar surface area (TPSA) is 76.6 Å². The van der Waals surface area contributed by atoms with E-state index in [1.807, 2.05) is 67.3 Å². The van der Waals surface area contributed by atoms with Crippen LogP contribution in [0.2, 0.25) is 0 Å². The number of carbonyl (C=O) groups excluding carboxylic acids is 1. The zero-order valence-corrected chi connectivity index (χ0v) is 19.6. The lowest BCUT2D eigenvalue weighted by Gasteiger charge is -2.32. The monoisotopic (exact) mass is 446 g/mol. The minimum Gasteiger partial charge on any atom is -0.493 e. The number of ether oxygens (including phenoxy) is 2. The number of methoxy groups -OCH3 is 2. The number of aromatic nitrogens is 2. The molecule has 0 bridgehead atoms. The van der Waals surface area contributed by atoms with Gasteiger partial charge in [0, 0.05) is 30.9 Å². The van der Waals surface area contributed by atoms with Crippen LogP contribution in [0, 0.1) is 13.8 Å². The van der Waals surface area contributed by atoms with Crippen LogP contribution in [-0.4, -0.2) is 47.6 Å². The van der Waals surface area contributed by atoms with Crippen molar-refractivity contribution in [2.24, 2.45) is 0 Å². The number of nitrogens with zero attached hydrogens (tertiary/aromatic N) is 3. The highest BCUT2D eigenvalue weighted by molar-refractivity contribution is 5.85. The van der Waals surface area contributed by atoms with Gasteiger partial charge in [-0.25, -0.2) is 9.97 Å². The Hall–Kier alpha value is -3.61. The van der Waals surface area contributed by atoms with E-state index in [4.69, 9.17) is 9.47 Å². The molecule has 0 spiro atoms. The third kappa shape index (κ3) is 5.25. The van der Waals surface area contributed by atoms with Crippen LogP contribution in [0.1, 0.15) is 28.1 Å². The van der Waals surface area contributed by atoms with Crippen molar-refractivity contribution in [2.45, 2.75) is 39.3 Å². The van der Waals surface area contributed by atoms with Crippen molar-refractivity contribution in [3.63, 3.8) is 0 Å². The molecule has 2 heterocycles. The third-order valence-corrected chi connectivity index (χ3v) is 5.90. The number of benzene rings is 2. The molecule has 0 unspecified atom stereocenters. The summed E-state index contributed by atoms with van der Waals surface area (Å²) in [5, 5.41) is 3.31. The largest absolute Gasteiger partial charge is 0.493 e. The zero-order valence-electron chi connectivity index (χ0n) is 19.6. The van der Waals surface area contributed by atoms with Gasteiger partial charge in [-0.2, -0.15) is 0 Å². The number of fused-ring (bicyclic) bond motifs is 1. The molecule has 0 fully saturated rings. The second-order valence-corrected chi connectivity index (χ2v) is 8.35. The van der Waals surface area contributed by atoms with E-state index >= 15 is 0 Å². The van der Waals surface area contributed by atoms with Crippen LogP contribution >= 0.6 is 0 Å². The molecule has 172 valence electrons. The fourth-order valence-corrected chi connectivity index (χ4v) is 4.29. The zero-order chi connectivity index (χ0) is 23.4. The van der Waals surface area contributed by atoms with Crippen molar-refractivity contribution in [2.75, 3.05) is 26.1 Å². The van der Waals surface area contributed by atoms with Gasteiger partial charge in [0.25, 0.3) is 0 Å². The highest BCUT2D eigenvalue weighted by atomic mass is 16.5. The number of aryl methyl sites for hydroxylation is 2. The maximum Gasteiger partial charge on any atom is 0.245 e. The second kappa shape index (κ2) is 9.90. The smallest absolute Gasteiger partial charge is 0.245 e. The molecule has 3 aromatic rings. The number of hydrogen-bond donors (Lipinski definition) is 1. The molecule has 0 aliphatic carbocycles. The fourth-order valence-electron chi connectivity index (χ4n) is 4.29. The van der Waals surface area contributed by atoms with Crippen LogP contribution < -0.4 is 14.8 Å². The Balaban J connectivity index is 1.59. The molecule has 7 nitrogen and oxygen atoms in total. The van der Waals surface area contributed by atoms with Crippen molar-refractivity contribution in [1.29, 1.82) is 0 Å². The summed E-state index contributed by atoms with van der Waals surface area (Å²) in [6.07, 6.45) is 1.31. The molecule has 1 atom stereocenters. The predicted octanol–water partition coefficient (Wildman–Crippen LogP) is 3.72. The Morgan fingerprint density at radius 2 is 1.64 bits per heavy atom. The van der Waals surface area contributed by atoms with Gasteiger partial charge in [-0.05, 0) is 55.2 Å². The lowest BCUT2D eigenvalue weighted by Crippen LogP contribution is -2.46. The minimum absolute atomic E-state index is 0.0297. The van der Waals surface area contributed by atoms with Crippen molar-refractivity contribution in [1.82, 2.24) is 14.9 Å². The summed E-state index contributed by atoms with van der Waals surface area (Å²) < 4.78 is 10.9. The fraction of sp³-hybridized carbons (Fsp3) is 0.346. The SMILES string of the molecule is COc1cc2c(cc1OC)CN(C(=O)[C@H](Cc1ccccc1)Nc1nc(C)cc(C)n1)CC2. The molecule has 2 aromatic carbocycles. The Kier molecular flexibility index (Phi) is 6.77. The van der Waals surface area contributed by atoms with E-state index in [-0.39, 0.29) is 5.91 Å². The summed E-state index contributed by atoms with van der Waals surface area (Å²) in [5.74, 6) is 1.90. The van der Waals surface area contributed by atoms with Gasteiger partial charge in [-0.3, -0.25) is 4.79 Å². The molecule has 0 saturated heterocycles. The van der Waals surface area contributed by atoms with E-state index in [1.165, 1.54) is 5.56 Å². The highest BCUT2D eigenvalue weighted by Crippen LogP contribution is 2.33. The molecule has 7 heteroatoms. The minimum atomic E-state index is -0.477. The molecular formula is C26H30N4O3. The quantitative estimate of drug-likeness (QED) is 0.596. The average Bonchev–Trinajstić information content (AvgIpc) is 2.82. The van der Waals surface area contributed by atoms with Crippen molar-refractivity contribution >= 4 is 11.9 Å². The molecule has 1 aliphatic heterocycles. The third-order valence-electron chi connectivity index (χ3n) is 5.90. The van der Waals surface area contributed by atoms with Crippen LogP contribution in [0.15, 0.2) is 48.5 Å². The summed E-state index contributed by atoms with van der Waals surface area (Å²) >= 11 is 0. The van der Waals surface area contributed by atoms with Crippen LogP contribution in [-0.2, 0) is 24.2 Å². The van der Waals surface area contributed by atoms with Crippen molar-refractivity contribution in [3.8, 4) is 11.5 Å². The first-order valence-electron chi connectivity index (χ1n) is 11.1. The number of amides is 1. The predicted molar refractivity (Wildman–Crippen MR) is 128 cm³/mol. The van der Waals surface area contributed by atoms with E-state index in [2.05, 4.69) is 15.3 Å². The molecule has 1 aromatic heterocycles. The first kappa shape index (κ1) is 22.6. The van der Waals surface area contributed by atoms with E-state index in [9.17, 15) is 4.79 Å². The molecule has 0 radical (unpaired) electrons. The summed E-state index contributed by atoms with van der Waals surface area (Å²) in [4.78, 5) is 24.6. The van der Waals surface area contributed by atoms with Gasteiger partial charge in [-0.1, -0.05) is 30.3 Å². The Morgan fingerprint density at radius 3 is 2.27 bits per heavy atom. The van der Waals surface area contributed by atoms with Gasteiger partial charge in [0.05, 0.1) is 14.2 Å². The summed E-state index contributed by atoms with van der Waals surface area (Å²) in [7, 11) is 3.26. The summed E-state index contributed by atoms with van der Waals surface area (Å²) in [5.41, 5.74) is 5.07. The molecule has 4 rings (SSSR count).